The first kappa shape index (κ1) is 13.3. The Bertz CT molecular complexity index is 960. The smallest absolute Gasteiger partial charge is 0.261 e. The van der Waals surface area contributed by atoms with E-state index in [0.29, 0.717) is 16.1 Å². The largest absolute Gasteiger partial charge is 0.277 e. The fourth-order valence-corrected chi connectivity index (χ4v) is 4.10. The summed E-state index contributed by atoms with van der Waals surface area (Å²) in [5, 5.41) is 7.65. The first-order chi connectivity index (χ1) is 10.6. The van der Waals surface area contributed by atoms with Gasteiger partial charge in [0.1, 0.15) is 0 Å². The fourth-order valence-electron chi connectivity index (χ4n) is 2.97. The number of benzene rings is 2. The van der Waals surface area contributed by atoms with Gasteiger partial charge in [0.05, 0.1) is 22.3 Å². The second-order valence-corrected chi connectivity index (χ2v) is 7.21. The number of aryl methyl sites for hydroxylation is 2. The zero-order chi connectivity index (χ0) is 15.2. The predicted molar refractivity (Wildman–Crippen MR) is 85.4 cm³/mol. The van der Waals surface area contributed by atoms with Crippen LogP contribution in [0.25, 0.3) is 10.9 Å². The SMILES string of the molecule is O=S(=O)(Nc1cccc2cn[nH]c12)c1ccc2c(c1)CCC2. The van der Waals surface area contributed by atoms with Crippen LogP contribution in [-0.4, -0.2) is 18.6 Å². The molecule has 0 unspecified atom stereocenters. The number of sulfonamides is 1. The molecule has 0 atom stereocenters. The van der Waals surface area contributed by atoms with Gasteiger partial charge in [0.2, 0.25) is 0 Å². The van der Waals surface area contributed by atoms with Gasteiger partial charge < -0.3 is 0 Å². The molecule has 0 bridgehead atoms. The zero-order valence-corrected chi connectivity index (χ0v) is 12.7. The highest BCUT2D eigenvalue weighted by molar-refractivity contribution is 7.92. The summed E-state index contributed by atoms with van der Waals surface area (Å²) in [6.45, 7) is 0. The molecule has 1 aliphatic carbocycles. The normalized spacial score (nSPS) is 14.2. The molecule has 0 radical (unpaired) electrons. The number of anilines is 1. The maximum atomic E-state index is 12.6. The van der Waals surface area contributed by atoms with E-state index in [0.717, 1.165) is 30.2 Å². The van der Waals surface area contributed by atoms with Gasteiger partial charge in [0.15, 0.2) is 0 Å². The Morgan fingerprint density at radius 1 is 1.09 bits per heavy atom. The van der Waals surface area contributed by atoms with Gasteiger partial charge in [-0.2, -0.15) is 5.10 Å². The Hall–Kier alpha value is -2.34. The van der Waals surface area contributed by atoms with Crippen molar-refractivity contribution in [3.8, 4) is 0 Å². The van der Waals surface area contributed by atoms with E-state index in [4.69, 9.17) is 0 Å². The second kappa shape index (κ2) is 4.84. The summed E-state index contributed by atoms with van der Waals surface area (Å²) in [6, 6.07) is 10.8. The number of hydrogen-bond acceptors (Lipinski definition) is 3. The van der Waals surface area contributed by atoms with Crippen molar-refractivity contribution in [2.24, 2.45) is 0 Å². The third kappa shape index (κ3) is 2.16. The first-order valence-electron chi connectivity index (χ1n) is 7.20. The number of aromatic amines is 1. The molecule has 1 heterocycles. The van der Waals surface area contributed by atoms with Crippen LogP contribution < -0.4 is 4.72 Å². The van der Waals surface area contributed by atoms with E-state index < -0.39 is 10.0 Å². The van der Waals surface area contributed by atoms with Crippen LogP contribution in [0.15, 0.2) is 47.5 Å². The van der Waals surface area contributed by atoms with Gasteiger partial charge in [0, 0.05) is 5.39 Å². The average Bonchev–Trinajstić information content (AvgIpc) is 3.15. The Kier molecular flexibility index (Phi) is 2.94. The molecular formula is C16H15N3O2S. The van der Waals surface area contributed by atoms with Crippen molar-refractivity contribution < 1.29 is 8.42 Å². The van der Waals surface area contributed by atoms with E-state index in [9.17, 15) is 8.42 Å². The molecule has 4 rings (SSSR count). The summed E-state index contributed by atoms with van der Waals surface area (Å²) in [6.07, 6.45) is 4.76. The number of fused-ring (bicyclic) bond motifs is 2. The number of H-pyrrole nitrogens is 1. The fraction of sp³-hybridized carbons (Fsp3) is 0.188. The van der Waals surface area contributed by atoms with Crippen molar-refractivity contribution in [3.63, 3.8) is 0 Å². The molecule has 0 saturated carbocycles. The van der Waals surface area contributed by atoms with E-state index >= 15 is 0 Å². The van der Waals surface area contributed by atoms with Gasteiger partial charge in [-0.1, -0.05) is 18.2 Å². The number of nitrogens with zero attached hydrogens (tertiary/aromatic N) is 1. The van der Waals surface area contributed by atoms with E-state index in [1.807, 2.05) is 12.1 Å². The van der Waals surface area contributed by atoms with Gasteiger partial charge in [-0.3, -0.25) is 9.82 Å². The van der Waals surface area contributed by atoms with Gasteiger partial charge in [0.25, 0.3) is 10.0 Å². The van der Waals surface area contributed by atoms with Crippen molar-refractivity contribution in [2.75, 3.05) is 4.72 Å². The third-order valence-corrected chi connectivity index (χ3v) is 5.46. The van der Waals surface area contributed by atoms with E-state index in [2.05, 4.69) is 14.9 Å². The highest BCUT2D eigenvalue weighted by atomic mass is 32.2. The lowest BCUT2D eigenvalue weighted by Crippen LogP contribution is -2.13. The van der Waals surface area contributed by atoms with E-state index in [-0.39, 0.29) is 0 Å². The Morgan fingerprint density at radius 3 is 2.86 bits per heavy atom. The Balaban J connectivity index is 1.74. The summed E-state index contributed by atoms with van der Waals surface area (Å²) in [5.41, 5.74) is 3.60. The molecule has 22 heavy (non-hydrogen) atoms. The molecule has 0 spiro atoms. The van der Waals surface area contributed by atoms with Gasteiger partial charge in [-0.05, 0) is 48.6 Å². The first-order valence-corrected chi connectivity index (χ1v) is 8.68. The van der Waals surface area contributed by atoms with Crippen LogP contribution in [0.4, 0.5) is 5.69 Å². The van der Waals surface area contributed by atoms with Crippen LogP contribution in [0.5, 0.6) is 0 Å². The van der Waals surface area contributed by atoms with Crippen LogP contribution >= 0.6 is 0 Å². The molecule has 1 aliphatic rings. The number of rotatable bonds is 3. The maximum absolute atomic E-state index is 12.6. The van der Waals surface area contributed by atoms with Crippen molar-refractivity contribution in [3.05, 3.63) is 53.7 Å². The Labute approximate surface area is 128 Å². The minimum atomic E-state index is -3.60. The topological polar surface area (TPSA) is 74.8 Å². The van der Waals surface area contributed by atoms with Crippen LogP contribution in [0.1, 0.15) is 17.5 Å². The minimum Gasteiger partial charge on any atom is -0.277 e. The maximum Gasteiger partial charge on any atom is 0.261 e. The zero-order valence-electron chi connectivity index (χ0n) is 11.8. The predicted octanol–water partition coefficient (Wildman–Crippen LogP) is 2.85. The quantitative estimate of drug-likeness (QED) is 0.781. The van der Waals surface area contributed by atoms with Crippen LogP contribution in [0.2, 0.25) is 0 Å². The third-order valence-electron chi connectivity index (χ3n) is 4.10. The molecule has 1 aromatic heterocycles. The van der Waals surface area contributed by atoms with Crippen molar-refractivity contribution in [1.82, 2.24) is 10.2 Å². The highest BCUT2D eigenvalue weighted by Gasteiger charge is 2.19. The van der Waals surface area contributed by atoms with Crippen LogP contribution in [0, 0.1) is 0 Å². The average molecular weight is 313 g/mol. The minimum absolute atomic E-state index is 0.310. The lowest BCUT2D eigenvalue weighted by molar-refractivity contribution is 0.601. The lowest BCUT2D eigenvalue weighted by atomic mass is 10.1. The Morgan fingerprint density at radius 2 is 1.95 bits per heavy atom. The standard InChI is InChI=1S/C16H15N3O2S/c20-22(21,14-8-7-11-3-1-4-12(11)9-14)19-15-6-2-5-13-10-17-18-16(13)15/h2,5-10,19H,1,3-4H2,(H,17,18). The summed E-state index contributed by atoms with van der Waals surface area (Å²) in [4.78, 5) is 0.310. The van der Waals surface area contributed by atoms with Gasteiger partial charge >= 0.3 is 0 Å². The summed E-state index contributed by atoms with van der Waals surface area (Å²) in [7, 11) is -3.60. The molecule has 2 N–H and O–H groups in total. The number of nitrogens with one attached hydrogen (secondary N) is 2. The molecule has 112 valence electrons. The highest BCUT2D eigenvalue weighted by Crippen LogP contribution is 2.27. The number of aromatic nitrogens is 2. The van der Waals surface area contributed by atoms with Crippen LogP contribution in [0.3, 0.4) is 0 Å². The summed E-state index contributed by atoms with van der Waals surface area (Å²) < 4.78 is 27.9. The van der Waals surface area contributed by atoms with Crippen molar-refractivity contribution in [1.29, 1.82) is 0 Å². The molecule has 0 saturated heterocycles. The summed E-state index contributed by atoms with van der Waals surface area (Å²) >= 11 is 0. The van der Waals surface area contributed by atoms with Crippen molar-refractivity contribution >= 4 is 26.6 Å². The van der Waals surface area contributed by atoms with E-state index in [1.54, 1.807) is 30.5 Å². The molecular weight excluding hydrogens is 298 g/mol. The van der Waals surface area contributed by atoms with Crippen LogP contribution in [-0.2, 0) is 22.9 Å². The molecule has 3 aromatic rings. The molecule has 5 nitrogen and oxygen atoms in total. The lowest BCUT2D eigenvalue weighted by Gasteiger charge is -2.10. The monoisotopic (exact) mass is 313 g/mol. The molecule has 0 fully saturated rings. The molecule has 0 amide bonds. The van der Waals surface area contributed by atoms with Gasteiger partial charge in [-0.15, -0.1) is 0 Å². The number of hydrogen-bond donors (Lipinski definition) is 2. The molecule has 2 aromatic carbocycles. The summed E-state index contributed by atoms with van der Waals surface area (Å²) in [5.74, 6) is 0. The van der Waals surface area contributed by atoms with E-state index in [1.165, 1.54) is 5.56 Å². The molecule has 0 aliphatic heterocycles. The number of para-hydroxylation sites is 1. The van der Waals surface area contributed by atoms with Gasteiger partial charge in [-0.25, -0.2) is 8.42 Å². The molecule has 6 heteroatoms. The van der Waals surface area contributed by atoms with Crippen molar-refractivity contribution in [2.45, 2.75) is 24.2 Å². The second-order valence-electron chi connectivity index (χ2n) is 5.53.